The number of nitriles is 1. The van der Waals surface area contributed by atoms with Crippen molar-refractivity contribution in [2.75, 3.05) is 0 Å². The predicted octanol–water partition coefficient (Wildman–Crippen LogP) is 3.47. The van der Waals surface area contributed by atoms with E-state index in [-0.39, 0.29) is 5.41 Å². The first-order valence-corrected chi connectivity index (χ1v) is 6.12. The highest BCUT2D eigenvalue weighted by atomic mass is 32.1. The van der Waals surface area contributed by atoms with Crippen LogP contribution < -0.4 is 0 Å². The second-order valence-corrected chi connectivity index (χ2v) is 5.83. The molecule has 1 spiro atoms. The number of rotatable bonds is 1. The lowest BCUT2D eigenvalue weighted by Gasteiger charge is -2.58. The largest absolute Gasteiger partial charge is 0.197 e. The van der Waals surface area contributed by atoms with Crippen molar-refractivity contribution >= 4 is 11.3 Å². The van der Waals surface area contributed by atoms with E-state index in [1.54, 1.807) is 11.3 Å². The van der Waals surface area contributed by atoms with Gasteiger partial charge < -0.3 is 0 Å². The molecule has 2 fully saturated rings. The van der Waals surface area contributed by atoms with E-state index < -0.39 is 0 Å². The molecule has 1 aromatic heterocycles. The summed E-state index contributed by atoms with van der Waals surface area (Å²) in [6, 6.07) is 6.74. The fourth-order valence-corrected chi connectivity index (χ4v) is 3.99. The van der Waals surface area contributed by atoms with Gasteiger partial charge in [0.15, 0.2) is 0 Å². The van der Waals surface area contributed by atoms with E-state index in [0.29, 0.717) is 5.41 Å². The third-order valence-corrected chi connectivity index (χ3v) is 5.05. The van der Waals surface area contributed by atoms with Gasteiger partial charge in [0.05, 0.1) is 11.5 Å². The van der Waals surface area contributed by atoms with Crippen molar-refractivity contribution in [1.82, 2.24) is 0 Å². The lowest BCUT2D eigenvalue weighted by Crippen LogP contribution is -2.52. The zero-order valence-electron chi connectivity index (χ0n) is 8.12. The first-order valence-electron chi connectivity index (χ1n) is 5.24. The van der Waals surface area contributed by atoms with Crippen molar-refractivity contribution in [2.45, 2.75) is 37.5 Å². The predicted molar refractivity (Wildman–Crippen MR) is 57.1 cm³/mol. The van der Waals surface area contributed by atoms with Crippen LogP contribution >= 0.6 is 11.3 Å². The van der Waals surface area contributed by atoms with Crippen LogP contribution in [0.15, 0.2) is 17.5 Å². The van der Waals surface area contributed by atoms with Crippen molar-refractivity contribution in [3.05, 3.63) is 22.4 Å². The summed E-state index contributed by atoms with van der Waals surface area (Å²) in [7, 11) is 0. The topological polar surface area (TPSA) is 23.8 Å². The summed E-state index contributed by atoms with van der Waals surface area (Å²) in [5.41, 5.74) is 0.480. The number of thiophene rings is 1. The van der Waals surface area contributed by atoms with E-state index in [1.165, 1.54) is 24.1 Å². The molecule has 0 bridgehead atoms. The van der Waals surface area contributed by atoms with Crippen molar-refractivity contribution in [2.24, 2.45) is 5.41 Å². The molecule has 0 saturated heterocycles. The van der Waals surface area contributed by atoms with Crippen molar-refractivity contribution in [3.63, 3.8) is 0 Å². The molecule has 0 aromatic carbocycles. The third-order valence-electron chi connectivity index (χ3n) is 3.97. The van der Waals surface area contributed by atoms with E-state index in [0.717, 1.165) is 12.8 Å². The number of nitrogens with zero attached hydrogens (tertiary/aromatic N) is 1. The molecule has 0 unspecified atom stereocenters. The van der Waals surface area contributed by atoms with Crippen LogP contribution in [0.4, 0.5) is 0 Å². The van der Waals surface area contributed by atoms with Gasteiger partial charge in [0.25, 0.3) is 0 Å². The highest BCUT2D eigenvalue weighted by Gasteiger charge is 2.58. The van der Waals surface area contributed by atoms with Gasteiger partial charge >= 0.3 is 0 Å². The highest BCUT2D eigenvalue weighted by Crippen LogP contribution is 2.65. The van der Waals surface area contributed by atoms with Gasteiger partial charge in [0.1, 0.15) is 0 Å². The Morgan fingerprint density at radius 2 is 2.14 bits per heavy atom. The summed E-state index contributed by atoms with van der Waals surface area (Å²) in [5, 5.41) is 11.4. The fraction of sp³-hybridized carbons (Fsp3) is 0.583. The van der Waals surface area contributed by atoms with E-state index in [4.69, 9.17) is 0 Å². The summed E-state index contributed by atoms with van der Waals surface area (Å²) in [5.74, 6) is 0. The summed E-state index contributed by atoms with van der Waals surface area (Å²) >= 11 is 1.74. The van der Waals surface area contributed by atoms with Crippen LogP contribution in [0.1, 0.15) is 37.0 Å². The second-order valence-electron chi connectivity index (χ2n) is 4.88. The lowest BCUT2D eigenvalue weighted by molar-refractivity contribution is -0.0212. The molecule has 72 valence electrons. The van der Waals surface area contributed by atoms with E-state index >= 15 is 0 Å². The summed E-state index contributed by atoms with van der Waals surface area (Å²) in [4.78, 5) is 1.29. The van der Waals surface area contributed by atoms with Gasteiger partial charge in [0.2, 0.25) is 0 Å². The van der Waals surface area contributed by atoms with Crippen LogP contribution in [-0.2, 0) is 5.41 Å². The number of hydrogen-bond donors (Lipinski definition) is 0. The molecule has 0 atom stereocenters. The molecule has 1 aromatic rings. The molecule has 0 radical (unpaired) electrons. The Balaban J connectivity index is 1.87. The SMILES string of the molecule is N#CC1(c2cccs2)CC2(CCC2)C1. The van der Waals surface area contributed by atoms with Crippen LogP contribution in [0.5, 0.6) is 0 Å². The Morgan fingerprint density at radius 3 is 2.57 bits per heavy atom. The highest BCUT2D eigenvalue weighted by molar-refractivity contribution is 7.10. The van der Waals surface area contributed by atoms with Crippen molar-refractivity contribution in [3.8, 4) is 6.07 Å². The summed E-state index contributed by atoms with van der Waals surface area (Å²) in [6.07, 6.45) is 6.35. The molecular formula is C12H13NS. The Kier molecular flexibility index (Phi) is 1.58. The fourth-order valence-electron chi connectivity index (χ4n) is 3.12. The average molecular weight is 203 g/mol. The Labute approximate surface area is 88.4 Å². The quantitative estimate of drug-likeness (QED) is 0.685. The molecule has 2 heteroatoms. The van der Waals surface area contributed by atoms with Crippen LogP contribution in [0.25, 0.3) is 0 Å². The van der Waals surface area contributed by atoms with Crippen molar-refractivity contribution < 1.29 is 0 Å². The van der Waals surface area contributed by atoms with Crippen LogP contribution in [0, 0.1) is 16.7 Å². The van der Waals surface area contributed by atoms with Crippen LogP contribution in [-0.4, -0.2) is 0 Å². The Morgan fingerprint density at radius 1 is 1.36 bits per heavy atom. The zero-order chi connectivity index (χ0) is 9.65. The molecule has 0 aliphatic heterocycles. The van der Waals surface area contributed by atoms with Crippen LogP contribution in [0.3, 0.4) is 0 Å². The van der Waals surface area contributed by atoms with Gasteiger partial charge in [0, 0.05) is 4.88 Å². The third kappa shape index (κ3) is 0.938. The summed E-state index contributed by atoms with van der Waals surface area (Å²) < 4.78 is 0. The van der Waals surface area contributed by atoms with Gasteiger partial charge in [-0.25, -0.2) is 0 Å². The maximum Gasteiger partial charge on any atom is 0.0925 e. The first-order chi connectivity index (χ1) is 6.79. The Bertz CT molecular complexity index is 373. The van der Waals surface area contributed by atoms with Gasteiger partial charge in [-0.3, -0.25) is 0 Å². The standard InChI is InChI=1S/C12H13NS/c13-9-12(10-3-1-6-14-10)7-11(8-12)4-2-5-11/h1,3,6H,2,4-5,7-8H2. The number of hydrogen-bond acceptors (Lipinski definition) is 2. The minimum absolute atomic E-state index is 0.103. The van der Waals surface area contributed by atoms with E-state index in [9.17, 15) is 5.26 Å². The second kappa shape index (κ2) is 2.61. The average Bonchev–Trinajstić information content (AvgIpc) is 2.54. The van der Waals surface area contributed by atoms with Gasteiger partial charge in [-0.2, -0.15) is 5.26 Å². The molecule has 0 N–H and O–H groups in total. The molecule has 2 aliphatic rings. The lowest BCUT2D eigenvalue weighted by atomic mass is 9.45. The molecule has 2 aliphatic carbocycles. The molecule has 14 heavy (non-hydrogen) atoms. The normalized spacial score (nSPS) is 26.2. The van der Waals surface area contributed by atoms with Gasteiger partial charge in [-0.05, 0) is 42.5 Å². The monoisotopic (exact) mass is 203 g/mol. The first kappa shape index (κ1) is 8.49. The minimum atomic E-state index is -0.103. The maximum atomic E-state index is 9.32. The van der Waals surface area contributed by atoms with Gasteiger partial charge in [-0.15, -0.1) is 11.3 Å². The van der Waals surface area contributed by atoms with Crippen LogP contribution in [0.2, 0.25) is 0 Å². The maximum absolute atomic E-state index is 9.32. The van der Waals surface area contributed by atoms with Gasteiger partial charge in [-0.1, -0.05) is 12.5 Å². The zero-order valence-corrected chi connectivity index (χ0v) is 8.94. The van der Waals surface area contributed by atoms with Crippen molar-refractivity contribution in [1.29, 1.82) is 5.26 Å². The summed E-state index contributed by atoms with van der Waals surface area (Å²) in [6.45, 7) is 0. The van der Waals surface area contributed by atoms with E-state index in [1.807, 2.05) is 0 Å². The molecule has 0 amide bonds. The molecule has 1 nitrogen and oxygen atoms in total. The molecule has 2 saturated carbocycles. The van der Waals surface area contributed by atoms with E-state index in [2.05, 4.69) is 23.6 Å². The smallest absolute Gasteiger partial charge is 0.0925 e. The molecular weight excluding hydrogens is 190 g/mol. The molecule has 3 rings (SSSR count). The molecule has 1 heterocycles. The Hall–Kier alpha value is -0.810. The minimum Gasteiger partial charge on any atom is -0.197 e.